The molecule has 1 aliphatic heterocycles. The van der Waals surface area contributed by atoms with Gasteiger partial charge < -0.3 is 14.2 Å². The lowest BCUT2D eigenvalue weighted by molar-refractivity contribution is -0.0430. The SMILES string of the molecule is Cc1ccc(-c2noc(CN3CCO[C@@H](CN(C)C)C3)n2)cc1F. The summed E-state index contributed by atoms with van der Waals surface area (Å²) in [6, 6.07) is 4.95. The van der Waals surface area contributed by atoms with Crippen LogP contribution in [0, 0.1) is 12.7 Å². The highest BCUT2D eigenvalue weighted by Crippen LogP contribution is 2.20. The van der Waals surface area contributed by atoms with Crippen molar-refractivity contribution in [1.29, 1.82) is 0 Å². The predicted octanol–water partition coefficient (Wildman–Crippen LogP) is 1.95. The Morgan fingerprint density at radius 1 is 1.38 bits per heavy atom. The predicted molar refractivity (Wildman–Crippen MR) is 88.0 cm³/mol. The van der Waals surface area contributed by atoms with E-state index in [4.69, 9.17) is 9.26 Å². The van der Waals surface area contributed by atoms with Gasteiger partial charge in [0, 0.05) is 25.2 Å². The molecule has 0 bridgehead atoms. The third-order valence-corrected chi connectivity index (χ3v) is 4.05. The summed E-state index contributed by atoms with van der Waals surface area (Å²) in [5, 5.41) is 3.97. The summed E-state index contributed by atoms with van der Waals surface area (Å²) in [7, 11) is 4.07. The molecule has 6 nitrogen and oxygen atoms in total. The number of aryl methyl sites for hydroxylation is 1. The van der Waals surface area contributed by atoms with Crippen molar-refractivity contribution in [2.24, 2.45) is 0 Å². The molecular weight excluding hydrogens is 311 g/mol. The number of aromatic nitrogens is 2. The first kappa shape index (κ1) is 17.0. The average Bonchev–Trinajstić information content (AvgIpc) is 2.98. The van der Waals surface area contributed by atoms with Crippen LogP contribution in [0.5, 0.6) is 0 Å². The summed E-state index contributed by atoms with van der Waals surface area (Å²) in [5.74, 6) is 0.692. The van der Waals surface area contributed by atoms with Gasteiger partial charge in [-0.1, -0.05) is 17.3 Å². The fourth-order valence-electron chi connectivity index (χ4n) is 2.80. The Bertz CT molecular complexity index is 689. The molecule has 0 aliphatic carbocycles. The van der Waals surface area contributed by atoms with Crippen LogP contribution in [0.3, 0.4) is 0 Å². The maximum absolute atomic E-state index is 13.7. The van der Waals surface area contributed by atoms with Crippen LogP contribution in [0.4, 0.5) is 4.39 Å². The molecule has 0 amide bonds. The lowest BCUT2D eigenvalue weighted by Crippen LogP contribution is -2.46. The van der Waals surface area contributed by atoms with Crippen molar-refractivity contribution in [2.45, 2.75) is 19.6 Å². The van der Waals surface area contributed by atoms with E-state index in [1.54, 1.807) is 19.1 Å². The number of hydrogen-bond acceptors (Lipinski definition) is 6. The van der Waals surface area contributed by atoms with Gasteiger partial charge in [0.05, 0.1) is 19.3 Å². The molecule has 1 aromatic carbocycles. The first-order valence-corrected chi connectivity index (χ1v) is 8.09. The average molecular weight is 334 g/mol. The molecular formula is C17H23FN4O2. The molecule has 7 heteroatoms. The number of rotatable bonds is 5. The van der Waals surface area contributed by atoms with Gasteiger partial charge in [0.15, 0.2) is 0 Å². The van der Waals surface area contributed by atoms with Crippen LogP contribution in [0.25, 0.3) is 11.4 Å². The van der Waals surface area contributed by atoms with Crippen LogP contribution in [-0.4, -0.2) is 66.4 Å². The summed E-state index contributed by atoms with van der Waals surface area (Å²) < 4.78 is 24.8. The molecule has 0 unspecified atom stereocenters. The first-order valence-electron chi connectivity index (χ1n) is 8.09. The molecule has 1 atom stereocenters. The number of hydrogen-bond donors (Lipinski definition) is 0. The smallest absolute Gasteiger partial charge is 0.241 e. The zero-order chi connectivity index (χ0) is 17.1. The minimum atomic E-state index is -0.265. The quantitative estimate of drug-likeness (QED) is 0.833. The largest absolute Gasteiger partial charge is 0.374 e. The van der Waals surface area contributed by atoms with E-state index in [-0.39, 0.29) is 11.9 Å². The maximum Gasteiger partial charge on any atom is 0.241 e. The second-order valence-corrected chi connectivity index (χ2v) is 6.47. The van der Waals surface area contributed by atoms with Gasteiger partial charge in [-0.3, -0.25) is 4.90 Å². The van der Waals surface area contributed by atoms with Gasteiger partial charge in [0.2, 0.25) is 11.7 Å². The van der Waals surface area contributed by atoms with Crippen molar-refractivity contribution >= 4 is 0 Å². The third kappa shape index (κ3) is 4.17. The molecule has 2 heterocycles. The Morgan fingerprint density at radius 3 is 2.96 bits per heavy atom. The van der Waals surface area contributed by atoms with Gasteiger partial charge in [-0.25, -0.2) is 4.39 Å². The van der Waals surface area contributed by atoms with Crippen molar-refractivity contribution in [3.05, 3.63) is 35.5 Å². The van der Waals surface area contributed by atoms with Crippen molar-refractivity contribution in [3.63, 3.8) is 0 Å². The standard InChI is InChI=1S/C17H23FN4O2/c1-12-4-5-13(8-15(12)18)17-19-16(24-20-17)11-22-6-7-23-14(10-22)9-21(2)3/h4-5,8,14H,6-7,9-11H2,1-3H3/t14-/m0/s1. The molecule has 3 rings (SSSR count). The molecule has 1 fully saturated rings. The lowest BCUT2D eigenvalue weighted by Gasteiger charge is -2.33. The second-order valence-electron chi connectivity index (χ2n) is 6.47. The van der Waals surface area contributed by atoms with Crippen LogP contribution in [0.15, 0.2) is 22.7 Å². The molecule has 1 aromatic heterocycles. The van der Waals surface area contributed by atoms with E-state index in [1.165, 1.54) is 6.07 Å². The second kappa shape index (κ2) is 7.38. The van der Waals surface area contributed by atoms with Crippen LogP contribution in [0.1, 0.15) is 11.5 Å². The molecule has 24 heavy (non-hydrogen) atoms. The topological polar surface area (TPSA) is 54.6 Å². The Balaban J connectivity index is 1.64. The molecule has 0 radical (unpaired) electrons. The Labute approximate surface area is 141 Å². The Hall–Kier alpha value is -1.83. The van der Waals surface area contributed by atoms with Crippen molar-refractivity contribution in [2.75, 3.05) is 40.3 Å². The van der Waals surface area contributed by atoms with E-state index in [0.717, 1.165) is 19.6 Å². The fourth-order valence-corrected chi connectivity index (χ4v) is 2.80. The molecule has 2 aromatic rings. The van der Waals surface area contributed by atoms with Gasteiger partial charge in [0.25, 0.3) is 0 Å². The molecule has 1 aliphatic rings. The van der Waals surface area contributed by atoms with E-state index in [9.17, 15) is 4.39 Å². The summed E-state index contributed by atoms with van der Waals surface area (Å²) >= 11 is 0. The molecule has 0 saturated carbocycles. The highest BCUT2D eigenvalue weighted by atomic mass is 19.1. The summed E-state index contributed by atoms with van der Waals surface area (Å²) in [6.45, 7) is 5.55. The van der Waals surface area contributed by atoms with Gasteiger partial charge in [-0.2, -0.15) is 4.98 Å². The Kier molecular flexibility index (Phi) is 5.23. The zero-order valence-electron chi connectivity index (χ0n) is 14.3. The highest BCUT2D eigenvalue weighted by molar-refractivity contribution is 5.54. The number of morpholine rings is 1. The van der Waals surface area contributed by atoms with Gasteiger partial charge in [0.1, 0.15) is 5.82 Å². The van der Waals surface area contributed by atoms with Crippen molar-refractivity contribution in [1.82, 2.24) is 19.9 Å². The minimum absolute atomic E-state index is 0.183. The van der Waals surface area contributed by atoms with Gasteiger partial charge in [-0.05, 0) is 32.6 Å². The van der Waals surface area contributed by atoms with Gasteiger partial charge >= 0.3 is 0 Å². The summed E-state index contributed by atoms with van der Waals surface area (Å²) in [5.41, 5.74) is 1.23. The number of nitrogens with zero attached hydrogens (tertiary/aromatic N) is 4. The van der Waals surface area contributed by atoms with Crippen LogP contribution in [-0.2, 0) is 11.3 Å². The minimum Gasteiger partial charge on any atom is -0.374 e. The van der Waals surface area contributed by atoms with E-state index in [1.807, 2.05) is 14.1 Å². The van der Waals surface area contributed by atoms with E-state index < -0.39 is 0 Å². The number of benzene rings is 1. The third-order valence-electron chi connectivity index (χ3n) is 4.05. The fraction of sp³-hybridized carbons (Fsp3) is 0.529. The normalized spacial score (nSPS) is 19.1. The number of halogens is 1. The van der Waals surface area contributed by atoms with Crippen LogP contribution in [0.2, 0.25) is 0 Å². The van der Waals surface area contributed by atoms with E-state index in [2.05, 4.69) is 19.9 Å². The number of ether oxygens (including phenoxy) is 1. The Morgan fingerprint density at radius 2 is 2.21 bits per heavy atom. The summed E-state index contributed by atoms with van der Waals surface area (Å²) in [4.78, 5) is 8.75. The first-order chi connectivity index (χ1) is 11.5. The van der Waals surface area contributed by atoms with Crippen molar-refractivity contribution in [3.8, 4) is 11.4 Å². The monoisotopic (exact) mass is 334 g/mol. The van der Waals surface area contributed by atoms with Crippen LogP contribution >= 0.6 is 0 Å². The zero-order valence-corrected chi connectivity index (χ0v) is 14.3. The summed E-state index contributed by atoms with van der Waals surface area (Å²) in [6.07, 6.45) is 0.183. The lowest BCUT2D eigenvalue weighted by atomic mass is 10.1. The highest BCUT2D eigenvalue weighted by Gasteiger charge is 2.23. The molecule has 0 N–H and O–H groups in total. The van der Waals surface area contributed by atoms with Crippen molar-refractivity contribution < 1.29 is 13.7 Å². The molecule has 0 spiro atoms. The van der Waals surface area contributed by atoms with E-state index in [0.29, 0.717) is 36.0 Å². The van der Waals surface area contributed by atoms with E-state index >= 15 is 0 Å². The van der Waals surface area contributed by atoms with Crippen LogP contribution < -0.4 is 0 Å². The number of likely N-dealkylation sites (N-methyl/N-ethyl adjacent to an activating group) is 1. The van der Waals surface area contributed by atoms with Gasteiger partial charge in [-0.15, -0.1) is 0 Å². The maximum atomic E-state index is 13.7. The molecule has 130 valence electrons. The molecule has 1 saturated heterocycles.